The normalized spacial score (nSPS) is 22.0. The maximum absolute atomic E-state index is 12.2. The first-order valence-electron chi connectivity index (χ1n) is 7.32. The van der Waals surface area contributed by atoms with E-state index in [9.17, 15) is 15.0 Å². The van der Waals surface area contributed by atoms with Gasteiger partial charge in [-0.1, -0.05) is 17.7 Å². The van der Waals surface area contributed by atoms with Crippen molar-refractivity contribution in [1.29, 1.82) is 0 Å². The van der Waals surface area contributed by atoms with Gasteiger partial charge in [0.25, 0.3) is 0 Å². The molecule has 1 atom stereocenters. The predicted molar refractivity (Wildman–Crippen MR) is 81.0 cm³/mol. The molecule has 3 N–H and O–H groups in total. The summed E-state index contributed by atoms with van der Waals surface area (Å²) in [5, 5.41) is 18.7. The number of hydrogen-bond donors (Lipinski definition) is 3. The molecule has 112 valence electrons. The van der Waals surface area contributed by atoms with Crippen molar-refractivity contribution < 1.29 is 10.2 Å². The van der Waals surface area contributed by atoms with Gasteiger partial charge in [0.05, 0.1) is 11.0 Å². The van der Waals surface area contributed by atoms with E-state index in [0.29, 0.717) is 12.0 Å². The number of benzene rings is 1. The highest BCUT2D eigenvalue weighted by Gasteiger charge is 2.24. The second-order valence-electron chi connectivity index (χ2n) is 5.73. The van der Waals surface area contributed by atoms with E-state index in [1.807, 2.05) is 28.8 Å². The first-order valence-corrected chi connectivity index (χ1v) is 7.32. The van der Waals surface area contributed by atoms with Gasteiger partial charge in [0.2, 0.25) is 0 Å². The second-order valence-corrected chi connectivity index (χ2v) is 5.73. The molecule has 0 amide bonds. The van der Waals surface area contributed by atoms with Crippen molar-refractivity contribution in [1.82, 2.24) is 9.55 Å². The molecule has 0 bridgehead atoms. The summed E-state index contributed by atoms with van der Waals surface area (Å²) in [4.78, 5) is 15.1. The lowest BCUT2D eigenvalue weighted by atomic mass is 9.87. The number of imidazole rings is 1. The average molecular weight is 288 g/mol. The molecule has 0 saturated heterocycles. The van der Waals surface area contributed by atoms with Gasteiger partial charge in [-0.25, -0.2) is 4.79 Å². The zero-order chi connectivity index (χ0) is 15.0. The third-order valence-corrected chi connectivity index (χ3v) is 4.43. The van der Waals surface area contributed by atoms with E-state index in [1.165, 1.54) is 0 Å². The Morgan fingerprint density at radius 1 is 1.38 bits per heavy atom. The molecule has 1 aliphatic rings. The summed E-state index contributed by atoms with van der Waals surface area (Å²) in [7, 11) is 0. The molecule has 1 aliphatic carbocycles. The molecule has 5 nitrogen and oxygen atoms in total. The minimum atomic E-state index is -1.40. The Morgan fingerprint density at radius 3 is 2.90 bits per heavy atom. The van der Waals surface area contributed by atoms with E-state index < -0.39 is 6.29 Å². The Bertz CT molecular complexity index is 739. The van der Waals surface area contributed by atoms with E-state index >= 15 is 0 Å². The standard InChI is InChI=1S/C16H20N2O3/c1-10(15(19)20)11-5-4-6-12(9-11)18-14-8-3-2-7-13(14)17-16(18)21/h2-3,7-8,12,15,19-20H,4-6,9H2,1H3,(H,17,21). The second kappa shape index (κ2) is 5.50. The maximum atomic E-state index is 12.2. The average Bonchev–Trinajstić information content (AvgIpc) is 2.82. The van der Waals surface area contributed by atoms with E-state index in [4.69, 9.17) is 0 Å². The smallest absolute Gasteiger partial charge is 0.326 e. The summed E-state index contributed by atoms with van der Waals surface area (Å²) >= 11 is 0. The SMILES string of the molecule is CC(=C1CCCC(n2c(=O)[nH]c3ccccc32)C1)C(O)O. The minimum Gasteiger partial charge on any atom is -0.365 e. The Kier molecular flexibility index (Phi) is 3.69. The van der Waals surface area contributed by atoms with Crippen LogP contribution in [0.1, 0.15) is 38.6 Å². The number of aliphatic hydroxyl groups is 2. The van der Waals surface area contributed by atoms with Gasteiger partial charge in [-0.2, -0.15) is 0 Å². The van der Waals surface area contributed by atoms with Gasteiger partial charge in [0.1, 0.15) is 0 Å². The van der Waals surface area contributed by atoms with Crippen molar-refractivity contribution in [3.63, 3.8) is 0 Å². The van der Waals surface area contributed by atoms with Crippen LogP contribution in [0.25, 0.3) is 11.0 Å². The van der Waals surface area contributed by atoms with Gasteiger partial charge >= 0.3 is 5.69 Å². The van der Waals surface area contributed by atoms with Crippen molar-refractivity contribution >= 4 is 11.0 Å². The molecule has 21 heavy (non-hydrogen) atoms. The zero-order valence-corrected chi connectivity index (χ0v) is 12.0. The van der Waals surface area contributed by atoms with Gasteiger partial charge in [0, 0.05) is 6.04 Å². The lowest BCUT2D eigenvalue weighted by molar-refractivity contribution is -0.00903. The molecule has 0 spiro atoms. The van der Waals surface area contributed by atoms with E-state index in [-0.39, 0.29) is 11.7 Å². The van der Waals surface area contributed by atoms with E-state index in [0.717, 1.165) is 35.9 Å². The molecule has 1 aromatic heterocycles. The van der Waals surface area contributed by atoms with Crippen molar-refractivity contribution in [2.24, 2.45) is 0 Å². The number of para-hydroxylation sites is 2. The number of aromatic nitrogens is 2. The molecule has 1 heterocycles. The lowest BCUT2D eigenvalue weighted by Gasteiger charge is -2.27. The molecular weight excluding hydrogens is 268 g/mol. The fourth-order valence-electron chi connectivity index (χ4n) is 3.24. The Labute approximate surface area is 122 Å². The van der Waals surface area contributed by atoms with Crippen molar-refractivity contribution in [2.75, 3.05) is 0 Å². The highest BCUT2D eigenvalue weighted by atomic mass is 16.5. The summed E-state index contributed by atoms with van der Waals surface area (Å²) in [6.07, 6.45) is 2.05. The van der Waals surface area contributed by atoms with Crippen LogP contribution in [0, 0.1) is 0 Å². The largest absolute Gasteiger partial charge is 0.365 e. The van der Waals surface area contributed by atoms with Gasteiger partial charge in [0.15, 0.2) is 6.29 Å². The number of allylic oxidation sites excluding steroid dienone is 1. The summed E-state index contributed by atoms with van der Waals surface area (Å²) in [5.74, 6) is 0. The highest BCUT2D eigenvalue weighted by molar-refractivity contribution is 5.75. The van der Waals surface area contributed by atoms with Crippen LogP contribution in [-0.4, -0.2) is 26.1 Å². The summed E-state index contributed by atoms with van der Waals surface area (Å²) in [6.45, 7) is 1.75. The molecule has 5 heteroatoms. The molecule has 3 rings (SSSR count). The van der Waals surface area contributed by atoms with Crippen LogP contribution < -0.4 is 5.69 Å². The fourth-order valence-corrected chi connectivity index (χ4v) is 3.24. The van der Waals surface area contributed by atoms with Gasteiger partial charge in [-0.3, -0.25) is 4.57 Å². The molecule has 1 fully saturated rings. The third-order valence-electron chi connectivity index (χ3n) is 4.43. The predicted octanol–water partition coefficient (Wildman–Crippen LogP) is 2.07. The number of aromatic amines is 1. The minimum absolute atomic E-state index is 0.0751. The zero-order valence-electron chi connectivity index (χ0n) is 12.0. The highest BCUT2D eigenvalue weighted by Crippen LogP contribution is 2.34. The monoisotopic (exact) mass is 288 g/mol. The first-order chi connectivity index (χ1) is 10.1. The van der Waals surface area contributed by atoms with Crippen LogP contribution in [0.2, 0.25) is 0 Å². The number of nitrogens with zero attached hydrogens (tertiary/aromatic N) is 1. The molecule has 1 unspecified atom stereocenters. The van der Waals surface area contributed by atoms with Crippen molar-refractivity contribution in [3.05, 3.63) is 45.9 Å². The van der Waals surface area contributed by atoms with E-state index in [2.05, 4.69) is 4.98 Å². The third kappa shape index (κ3) is 2.54. The molecule has 1 saturated carbocycles. The van der Waals surface area contributed by atoms with Crippen LogP contribution in [0.15, 0.2) is 40.2 Å². The molecule has 1 aromatic carbocycles. The Hall–Kier alpha value is -1.85. The summed E-state index contributed by atoms with van der Waals surface area (Å²) < 4.78 is 1.81. The maximum Gasteiger partial charge on any atom is 0.326 e. The number of aliphatic hydroxyl groups excluding tert-OH is 1. The molecule has 0 radical (unpaired) electrons. The van der Waals surface area contributed by atoms with Crippen LogP contribution >= 0.6 is 0 Å². The van der Waals surface area contributed by atoms with Gasteiger partial charge < -0.3 is 15.2 Å². The van der Waals surface area contributed by atoms with Crippen LogP contribution in [-0.2, 0) is 0 Å². The van der Waals surface area contributed by atoms with Crippen LogP contribution in [0.3, 0.4) is 0 Å². The summed E-state index contributed by atoms with van der Waals surface area (Å²) in [5.41, 5.74) is 3.34. The number of nitrogens with one attached hydrogen (secondary N) is 1. The van der Waals surface area contributed by atoms with Crippen LogP contribution in [0.4, 0.5) is 0 Å². The summed E-state index contributed by atoms with van der Waals surface area (Å²) in [6, 6.07) is 7.75. The lowest BCUT2D eigenvalue weighted by Crippen LogP contribution is -2.25. The number of hydrogen-bond acceptors (Lipinski definition) is 3. The van der Waals surface area contributed by atoms with Gasteiger partial charge in [-0.05, 0) is 50.3 Å². The van der Waals surface area contributed by atoms with Crippen molar-refractivity contribution in [3.8, 4) is 0 Å². The van der Waals surface area contributed by atoms with Crippen LogP contribution in [0.5, 0.6) is 0 Å². The van der Waals surface area contributed by atoms with Crippen molar-refractivity contribution in [2.45, 2.75) is 44.9 Å². The molecule has 0 aliphatic heterocycles. The van der Waals surface area contributed by atoms with E-state index in [1.54, 1.807) is 6.92 Å². The van der Waals surface area contributed by atoms with Gasteiger partial charge in [-0.15, -0.1) is 0 Å². The number of H-pyrrole nitrogens is 1. The fraction of sp³-hybridized carbons (Fsp3) is 0.438. The first kappa shape index (κ1) is 14.1. The Balaban J connectivity index is 2.01. The molecular formula is C16H20N2O3. The Morgan fingerprint density at radius 2 is 2.14 bits per heavy atom. The topological polar surface area (TPSA) is 78.2 Å². The number of fused-ring (bicyclic) bond motifs is 1. The number of rotatable bonds is 2. The molecule has 2 aromatic rings. The quantitative estimate of drug-likeness (QED) is 0.585.